The van der Waals surface area contributed by atoms with Crippen LogP contribution < -0.4 is 10.1 Å². The van der Waals surface area contributed by atoms with Crippen molar-refractivity contribution in [2.45, 2.75) is 74.7 Å². The zero-order valence-electron chi connectivity index (χ0n) is 21.5. The van der Waals surface area contributed by atoms with E-state index in [0.29, 0.717) is 31.7 Å². The molecule has 0 fully saturated rings. The van der Waals surface area contributed by atoms with Crippen LogP contribution >= 0.6 is 31.9 Å². The van der Waals surface area contributed by atoms with Gasteiger partial charge in [-0.2, -0.15) is 0 Å². The first-order valence-electron chi connectivity index (χ1n) is 11.5. The van der Waals surface area contributed by atoms with E-state index < -0.39 is 17.3 Å². The van der Waals surface area contributed by atoms with Crippen molar-refractivity contribution in [3.05, 3.63) is 44.3 Å². The van der Waals surface area contributed by atoms with Gasteiger partial charge in [-0.1, -0.05) is 48.5 Å². The van der Waals surface area contributed by atoms with Crippen molar-refractivity contribution < 1.29 is 24.5 Å². The fraction of sp³-hybridized carbons (Fsp3) is 0.462. The molecule has 0 aromatic heterocycles. The number of phenolic OH excluding ortho intramolecular Hbond substituents is 1. The van der Waals surface area contributed by atoms with E-state index in [1.54, 1.807) is 31.2 Å². The van der Waals surface area contributed by atoms with Crippen LogP contribution in [0.4, 0.5) is 5.69 Å². The number of anilines is 1. The lowest BCUT2D eigenvalue weighted by atomic mass is 9.86. The maximum absolute atomic E-state index is 12.5. The molecule has 6 nitrogen and oxygen atoms in total. The van der Waals surface area contributed by atoms with Gasteiger partial charge in [-0.15, -0.1) is 0 Å². The molecule has 0 saturated heterocycles. The minimum atomic E-state index is -1.52. The number of phenols is 1. The number of nitrogens with one attached hydrogen (secondary N) is 1. The van der Waals surface area contributed by atoms with Crippen molar-refractivity contribution in [1.82, 2.24) is 0 Å². The van der Waals surface area contributed by atoms with Crippen LogP contribution in [0.2, 0.25) is 0 Å². The smallest absolute Gasteiger partial charge is 0.318 e. The van der Waals surface area contributed by atoms with Gasteiger partial charge in [0.25, 0.3) is 0 Å². The van der Waals surface area contributed by atoms with E-state index >= 15 is 0 Å². The van der Waals surface area contributed by atoms with Crippen molar-refractivity contribution in [3.8, 4) is 17.2 Å². The largest absolute Gasteiger partial charge is 0.507 e. The number of rotatable bonds is 7. The summed E-state index contributed by atoms with van der Waals surface area (Å²) in [7, 11) is 0. The van der Waals surface area contributed by atoms with E-state index in [1.807, 2.05) is 48.5 Å². The third-order valence-electron chi connectivity index (χ3n) is 5.08. The van der Waals surface area contributed by atoms with Crippen LogP contribution in [0.1, 0.15) is 78.9 Å². The number of carboxylic acids is 1. The van der Waals surface area contributed by atoms with E-state index in [4.69, 9.17) is 4.74 Å². The van der Waals surface area contributed by atoms with Crippen molar-refractivity contribution in [2.24, 2.45) is 5.41 Å². The van der Waals surface area contributed by atoms with Crippen LogP contribution in [0.25, 0.3) is 0 Å². The van der Waals surface area contributed by atoms with Gasteiger partial charge in [0.05, 0.1) is 8.95 Å². The highest BCUT2D eigenvalue weighted by atomic mass is 79.9. The molecule has 0 aliphatic rings. The number of ether oxygens (including phenoxy) is 1. The molecule has 0 radical (unpaired) electrons. The number of hydrogen-bond donors (Lipinski definition) is 3. The number of carbonyl (C=O) groups is 2. The molecule has 0 saturated carbocycles. The summed E-state index contributed by atoms with van der Waals surface area (Å²) in [5.41, 5.74) is 0.399. The minimum absolute atomic E-state index is 0.124. The van der Waals surface area contributed by atoms with Gasteiger partial charge in [0.1, 0.15) is 16.9 Å². The summed E-state index contributed by atoms with van der Waals surface area (Å²) in [6.45, 7) is 16.8. The van der Waals surface area contributed by atoms with Crippen molar-refractivity contribution >= 4 is 49.4 Å². The maximum atomic E-state index is 12.5. The molecule has 0 aliphatic heterocycles. The van der Waals surface area contributed by atoms with Gasteiger partial charge < -0.3 is 20.3 Å². The number of carbonyl (C=O) groups excluding carboxylic acids is 1. The predicted molar refractivity (Wildman–Crippen MR) is 146 cm³/mol. The van der Waals surface area contributed by atoms with Crippen molar-refractivity contribution in [1.29, 1.82) is 0 Å². The van der Waals surface area contributed by atoms with Crippen molar-refractivity contribution in [2.75, 3.05) is 5.32 Å². The Morgan fingerprint density at radius 3 is 1.97 bits per heavy atom. The monoisotopic (exact) mass is 601 g/mol. The third kappa shape index (κ3) is 7.73. The Labute approximate surface area is 220 Å². The fourth-order valence-corrected chi connectivity index (χ4v) is 4.15. The molecule has 0 bridgehead atoms. The van der Waals surface area contributed by atoms with E-state index in [9.17, 15) is 19.8 Å². The third-order valence-corrected chi connectivity index (χ3v) is 6.26. The number of benzene rings is 2. The Morgan fingerprint density at radius 1 is 1.06 bits per heavy atom. The Kier molecular flexibility index (Phi) is 13.5. The van der Waals surface area contributed by atoms with Crippen LogP contribution in [-0.2, 0) is 9.59 Å². The SMILES string of the molecule is CC.CC.CCC(C)(C(=O)O)C(=O)Nc1cc(Br)c(Oc2cc(C)c(O)c(C(C)C)c2)c(Br)c1. The van der Waals surface area contributed by atoms with Gasteiger partial charge in [-0.3, -0.25) is 9.59 Å². The summed E-state index contributed by atoms with van der Waals surface area (Å²) in [5.74, 6) is -0.337. The first kappa shape index (κ1) is 31.9. The second kappa shape index (κ2) is 14.4. The number of halogens is 2. The summed E-state index contributed by atoms with van der Waals surface area (Å²) in [4.78, 5) is 24.0. The topological polar surface area (TPSA) is 95.9 Å². The summed E-state index contributed by atoms with van der Waals surface area (Å²) >= 11 is 6.90. The molecule has 0 spiro atoms. The molecule has 1 amide bonds. The molecule has 0 aliphatic carbocycles. The number of amides is 1. The predicted octanol–water partition coefficient (Wildman–Crippen LogP) is 8.63. The number of hydrogen-bond acceptors (Lipinski definition) is 4. The molecule has 8 heteroatoms. The van der Waals surface area contributed by atoms with Gasteiger partial charge >= 0.3 is 5.97 Å². The summed E-state index contributed by atoms with van der Waals surface area (Å²) in [6, 6.07) is 6.83. The number of aliphatic carboxylic acids is 1. The molecule has 3 N–H and O–H groups in total. The summed E-state index contributed by atoms with van der Waals surface area (Å²) < 4.78 is 7.18. The van der Waals surface area contributed by atoms with Gasteiger partial charge in [0, 0.05) is 11.3 Å². The van der Waals surface area contributed by atoms with E-state index in [2.05, 4.69) is 37.2 Å². The normalized spacial score (nSPS) is 11.9. The van der Waals surface area contributed by atoms with Crippen LogP contribution in [0.3, 0.4) is 0 Å². The highest BCUT2D eigenvalue weighted by Crippen LogP contribution is 2.41. The molecule has 1 unspecified atom stereocenters. The molecule has 0 heterocycles. The summed E-state index contributed by atoms with van der Waals surface area (Å²) in [5, 5.41) is 22.3. The Bertz CT molecular complexity index is 968. The average molecular weight is 603 g/mol. The lowest BCUT2D eigenvalue weighted by Crippen LogP contribution is -2.40. The van der Waals surface area contributed by atoms with Crippen molar-refractivity contribution in [3.63, 3.8) is 0 Å². The lowest BCUT2D eigenvalue weighted by molar-refractivity contribution is -0.152. The van der Waals surface area contributed by atoms with Gasteiger partial charge in [0.15, 0.2) is 5.75 Å². The first-order valence-corrected chi connectivity index (χ1v) is 13.0. The highest BCUT2D eigenvalue weighted by molar-refractivity contribution is 9.11. The number of aromatic hydroxyl groups is 1. The molecule has 190 valence electrons. The zero-order chi connectivity index (χ0) is 26.8. The van der Waals surface area contributed by atoms with Crippen LogP contribution in [-0.4, -0.2) is 22.1 Å². The maximum Gasteiger partial charge on any atom is 0.318 e. The van der Waals surface area contributed by atoms with Gasteiger partial charge in [0.2, 0.25) is 5.91 Å². The molecular formula is C26H37Br2NO5. The van der Waals surface area contributed by atoms with E-state index in [-0.39, 0.29) is 18.1 Å². The Balaban J connectivity index is 0.00000258. The number of carboxylic acid groups (broad SMARTS) is 1. The molecular weight excluding hydrogens is 566 g/mol. The molecule has 2 aromatic carbocycles. The van der Waals surface area contributed by atoms with Gasteiger partial charge in [-0.05, 0) is 87.9 Å². The second-order valence-corrected chi connectivity index (χ2v) is 9.36. The fourth-order valence-electron chi connectivity index (χ4n) is 2.80. The molecule has 2 aromatic rings. The van der Waals surface area contributed by atoms with Gasteiger partial charge in [-0.25, -0.2) is 0 Å². The molecule has 34 heavy (non-hydrogen) atoms. The van der Waals surface area contributed by atoms with E-state index in [0.717, 1.165) is 5.56 Å². The number of aryl methyl sites for hydroxylation is 1. The molecule has 1 atom stereocenters. The Morgan fingerprint density at radius 2 is 1.56 bits per heavy atom. The molecule has 2 rings (SSSR count). The average Bonchev–Trinajstić information content (AvgIpc) is 2.80. The lowest BCUT2D eigenvalue weighted by Gasteiger charge is -2.22. The van der Waals surface area contributed by atoms with Crippen LogP contribution in [0, 0.1) is 12.3 Å². The highest BCUT2D eigenvalue weighted by Gasteiger charge is 2.39. The van der Waals surface area contributed by atoms with Crippen LogP contribution in [0.15, 0.2) is 33.2 Å². The second-order valence-electron chi connectivity index (χ2n) is 7.65. The Hall–Kier alpha value is -2.06. The zero-order valence-corrected chi connectivity index (χ0v) is 24.6. The van der Waals surface area contributed by atoms with Crippen LogP contribution in [0.5, 0.6) is 17.2 Å². The quantitative estimate of drug-likeness (QED) is 0.276. The first-order chi connectivity index (χ1) is 15.9. The minimum Gasteiger partial charge on any atom is -0.507 e. The van der Waals surface area contributed by atoms with E-state index in [1.165, 1.54) is 6.92 Å². The summed E-state index contributed by atoms with van der Waals surface area (Å²) in [6.07, 6.45) is 0.163. The standard InChI is InChI=1S/C22H25Br2NO5.2C2H6/c1-6-22(5,21(28)29)20(27)25-13-8-16(23)19(17(24)9-13)30-14-7-12(4)18(26)15(10-14)11(2)3;2*1-2/h7-11,26H,6H2,1-5H3,(H,25,27)(H,28,29);2*1-2H3.